The number of benzene rings is 7. The van der Waals surface area contributed by atoms with Crippen LogP contribution in [0.4, 0.5) is 0 Å². The molecule has 1 aromatic heterocycles. The molecule has 8 aromatic rings. The van der Waals surface area contributed by atoms with Gasteiger partial charge < -0.3 is 4.42 Å². The SMILES string of the molecule is C=N/C(=N\C(=N/Cc1ccccc1)c1ccc(-c2ccc(-c3ccc4c(c3)C=CCC4)cc2)c2oc3cc4ccccc4cc3c12)c1ccccc1. The highest BCUT2D eigenvalue weighted by Gasteiger charge is 2.21. The maximum Gasteiger partial charge on any atom is 0.161 e. The lowest BCUT2D eigenvalue weighted by Gasteiger charge is -2.13. The Hall–Kier alpha value is -6.65. The highest BCUT2D eigenvalue weighted by Crippen LogP contribution is 2.41. The van der Waals surface area contributed by atoms with Crippen molar-refractivity contribution in [2.45, 2.75) is 19.4 Å². The standard InChI is InChI=1S/C48H35N3O/c1-49-47(36-15-6-3-7-16-36)51-48(50-31-32-12-4-2-5-13-32)42-27-26-41(46-45(42)43-29-38-18-10-11-19-39(38)30-44(43)52-46)35-23-20-34(21-24-35)40-25-22-33-14-8-9-17-37(33)28-40/h2-7,9-13,15-30H,1,8,14,31H2/b50-48-,51-47-. The van der Waals surface area contributed by atoms with E-state index in [9.17, 15) is 0 Å². The van der Waals surface area contributed by atoms with Gasteiger partial charge in [-0.15, -0.1) is 0 Å². The van der Waals surface area contributed by atoms with Gasteiger partial charge >= 0.3 is 0 Å². The Bertz CT molecular complexity index is 2700. The first kappa shape index (κ1) is 31.3. The van der Waals surface area contributed by atoms with Crippen molar-refractivity contribution < 1.29 is 4.42 Å². The van der Waals surface area contributed by atoms with Crippen molar-refractivity contribution in [2.75, 3.05) is 0 Å². The van der Waals surface area contributed by atoms with Gasteiger partial charge in [-0.05, 0) is 94.0 Å². The van der Waals surface area contributed by atoms with E-state index in [0.717, 1.165) is 73.4 Å². The first-order valence-corrected chi connectivity index (χ1v) is 17.7. The van der Waals surface area contributed by atoms with Gasteiger partial charge in [-0.3, -0.25) is 4.99 Å². The van der Waals surface area contributed by atoms with E-state index < -0.39 is 0 Å². The third kappa shape index (κ3) is 5.95. The van der Waals surface area contributed by atoms with Gasteiger partial charge in [0.25, 0.3) is 0 Å². The molecule has 0 aliphatic heterocycles. The van der Waals surface area contributed by atoms with Crippen molar-refractivity contribution in [3.63, 3.8) is 0 Å². The van der Waals surface area contributed by atoms with Gasteiger partial charge in [0.05, 0.1) is 6.54 Å². The summed E-state index contributed by atoms with van der Waals surface area (Å²) < 4.78 is 6.85. The molecule has 0 N–H and O–H groups in total. The first-order chi connectivity index (χ1) is 25.7. The van der Waals surface area contributed by atoms with Crippen LogP contribution in [0.15, 0.2) is 177 Å². The molecule has 1 heterocycles. The zero-order chi connectivity index (χ0) is 34.9. The molecule has 52 heavy (non-hydrogen) atoms. The predicted molar refractivity (Wildman–Crippen MR) is 219 cm³/mol. The smallest absolute Gasteiger partial charge is 0.161 e. The van der Waals surface area contributed by atoms with Crippen LogP contribution >= 0.6 is 0 Å². The summed E-state index contributed by atoms with van der Waals surface area (Å²) >= 11 is 0. The summed E-state index contributed by atoms with van der Waals surface area (Å²) in [6.07, 6.45) is 6.72. The van der Waals surface area contributed by atoms with Crippen LogP contribution in [-0.2, 0) is 13.0 Å². The van der Waals surface area contributed by atoms with Crippen LogP contribution in [0.3, 0.4) is 0 Å². The molecule has 0 radical (unpaired) electrons. The number of aliphatic imine (C=N–C) groups is 3. The molecule has 0 fully saturated rings. The van der Waals surface area contributed by atoms with Gasteiger partial charge in [-0.2, -0.15) is 0 Å². The number of aryl methyl sites for hydroxylation is 1. The lowest BCUT2D eigenvalue weighted by molar-refractivity contribution is 0.670. The van der Waals surface area contributed by atoms with Gasteiger partial charge in [0.2, 0.25) is 0 Å². The van der Waals surface area contributed by atoms with Crippen molar-refractivity contribution in [1.29, 1.82) is 0 Å². The van der Waals surface area contributed by atoms with Crippen LogP contribution < -0.4 is 0 Å². The molecule has 0 unspecified atom stereocenters. The summed E-state index contributed by atoms with van der Waals surface area (Å²) in [5.74, 6) is 1.08. The quantitative estimate of drug-likeness (QED) is 0.128. The molecule has 0 atom stereocenters. The monoisotopic (exact) mass is 669 g/mol. The first-order valence-electron chi connectivity index (χ1n) is 17.7. The summed E-state index contributed by atoms with van der Waals surface area (Å²) in [5.41, 5.74) is 11.7. The van der Waals surface area contributed by atoms with E-state index in [1.165, 1.54) is 22.3 Å². The number of hydrogen-bond acceptors (Lipinski definition) is 2. The number of rotatable bonds is 6. The number of hydrogen-bond donors (Lipinski definition) is 0. The largest absolute Gasteiger partial charge is 0.455 e. The Morgan fingerprint density at radius 2 is 1.37 bits per heavy atom. The summed E-state index contributed by atoms with van der Waals surface area (Å²) in [5, 5.41) is 4.25. The maximum atomic E-state index is 6.85. The van der Waals surface area contributed by atoms with Gasteiger partial charge in [0.1, 0.15) is 11.2 Å². The Labute approximate surface area is 302 Å². The fraction of sp³-hybridized carbons (Fsp3) is 0.0625. The summed E-state index contributed by atoms with van der Waals surface area (Å²) in [6.45, 7) is 4.34. The minimum atomic E-state index is 0.459. The molecule has 0 saturated heterocycles. The van der Waals surface area contributed by atoms with E-state index in [1.807, 2.05) is 48.5 Å². The Kier molecular flexibility index (Phi) is 8.18. The van der Waals surface area contributed by atoms with E-state index in [0.29, 0.717) is 18.2 Å². The van der Waals surface area contributed by atoms with E-state index in [1.54, 1.807) is 0 Å². The van der Waals surface area contributed by atoms with Crippen LogP contribution in [0.2, 0.25) is 0 Å². The third-order valence-corrected chi connectivity index (χ3v) is 9.93. The molecule has 9 rings (SSSR count). The molecular weight excluding hydrogens is 635 g/mol. The number of nitrogens with zero attached hydrogens (tertiary/aromatic N) is 3. The topological polar surface area (TPSA) is 50.2 Å². The second kappa shape index (κ2) is 13.6. The summed E-state index contributed by atoms with van der Waals surface area (Å²) in [7, 11) is 0. The molecule has 0 bridgehead atoms. The molecular formula is C48H35N3O. The van der Waals surface area contributed by atoms with E-state index in [2.05, 4.69) is 127 Å². The van der Waals surface area contributed by atoms with E-state index in [4.69, 9.17) is 14.4 Å². The zero-order valence-electron chi connectivity index (χ0n) is 28.7. The number of fused-ring (bicyclic) bond motifs is 5. The van der Waals surface area contributed by atoms with Crippen molar-refractivity contribution in [2.24, 2.45) is 15.0 Å². The second-order valence-electron chi connectivity index (χ2n) is 13.2. The molecule has 7 aromatic carbocycles. The molecule has 4 heteroatoms. The Morgan fingerprint density at radius 1 is 0.654 bits per heavy atom. The Morgan fingerprint density at radius 3 is 2.15 bits per heavy atom. The second-order valence-corrected chi connectivity index (χ2v) is 13.2. The van der Waals surface area contributed by atoms with Crippen LogP contribution in [0, 0.1) is 0 Å². The van der Waals surface area contributed by atoms with E-state index in [-0.39, 0.29) is 0 Å². The van der Waals surface area contributed by atoms with Gasteiger partial charge in [-0.25, -0.2) is 9.98 Å². The average Bonchev–Trinajstić information content (AvgIpc) is 3.59. The van der Waals surface area contributed by atoms with Crippen molar-refractivity contribution in [3.05, 3.63) is 186 Å². The van der Waals surface area contributed by atoms with Crippen LogP contribution in [0.5, 0.6) is 0 Å². The normalized spacial score (nSPS) is 13.2. The molecule has 0 spiro atoms. The van der Waals surface area contributed by atoms with Crippen LogP contribution in [-0.4, -0.2) is 18.4 Å². The van der Waals surface area contributed by atoms with Crippen LogP contribution in [0.25, 0.3) is 61.0 Å². The highest BCUT2D eigenvalue weighted by molar-refractivity contribution is 6.24. The van der Waals surface area contributed by atoms with E-state index >= 15 is 0 Å². The molecule has 1 aliphatic rings. The summed E-state index contributed by atoms with van der Waals surface area (Å²) in [4.78, 5) is 14.6. The fourth-order valence-corrected chi connectivity index (χ4v) is 7.24. The minimum Gasteiger partial charge on any atom is -0.455 e. The number of allylic oxidation sites excluding steroid dienone is 1. The van der Waals surface area contributed by atoms with Crippen molar-refractivity contribution >= 4 is 57.2 Å². The summed E-state index contributed by atoms with van der Waals surface area (Å²) in [6, 6.07) is 52.8. The molecule has 1 aliphatic carbocycles. The maximum absolute atomic E-state index is 6.85. The minimum absolute atomic E-state index is 0.459. The predicted octanol–water partition coefficient (Wildman–Crippen LogP) is 12.1. The molecule has 0 amide bonds. The van der Waals surface area contributed by atoms with Gasteiger partial charge in [0.15, 0.2) is 11.7 Å². The van der Waals surface area contributed by atoms with Crippen molar-refractivity contribution in [1.82, 2.24) is 0 Å². The van der Waals surface area contributed by atoms with Crippen LogP contribution in [0.1, 0.15) is 34.2 Å². The molecule has 0 saturated carbocycles. The van der Waals surface area contributed by atoms with Gasteiger partial charge in [0, 0.05) is 27.5 Å². The van der Waals surface area contributed by atoms with Gasteiger partial charge in [-0.1, -0.05) is 133 Å². The highest BCUT2D eigenvalue weighted by atomic mass is 16.3. The zero-order valence-corrected chi connectivity index (χ0v) is 28.7. The lowest BCUT2D eigenvalue weighted by Crippen LogP contribution is -2.06. The Balaban J connectivity index is 1.23. The fourth-order valence-electron chi connectivity index (χ4n) is 7.24. The lowest BCUT2D eigenvalue weighted by atomic mass is 9.92. The average molecular weight is 670 g/mol. The number of furan rings is 1. The van der Waals surface area contributed by atoms with Crippen molar-refractivity contribution in [3.8, 4) is 22.3 Å². The molecule has 4 nitrogen and oxygen atoms in total. The third-order valence-electron chi connectivity index (χ3n) is 9.93. The molecule has 248 valence electrons. The number of amidine groups is 2.